The quantitative estimate of drug-likeness (QED) is 0.870. The van der Waals surface area contributed by atoms with Crippen LogP contribution in [-0.2, 0) is 11.8 Å². The van der Waals surface area contributed by atoms with E-state index >= 15 is 0 Å². The van der Waals surface area contributed by atoms with E-state index < -0.39 is 0 Å². The van der Waals surface area contributed by atoms with Gasteiger partial charge in [-0.25, -0.2) is 0 Å². The van der Waals surface area contributed by atoms with E-state index in [1.54, 1.807) is 0 Å². The van der Waals surface area contributed by atoms with Gasteiger partial charge in [0.1, 0.15) is 5.69 Å². The highest BCUT2D eigenvalue weighted by molar-refractivity contribution is 5.92. The predicted octanol–water partition coefficient (Wildman–Crippen LogP) is 2.55. The van der Waals surface area contributed by atoms with Gasteiger partial charge in [-0.2, -0.15) is 5.10 Å². The molecule has 0 aromatic carbocycles. The van der Waals surface area contributed by atoms with Crippen molar-refractivity contribution in [3.05, 3.63) is 42.0 Å². The minimum absolute atomic E-state index is 0.00115. The number of rotatable bonds is 3. The van der Waals surface area contributed by atoms with E-state index in [2.05, 4.69) is 15.7 Å². The smallest absolute Gasteiger partial charge is 0.275 e. The van der Waals surface area contributed by atoms with Gasteiger partial charge in [0.15, 0.2) is 0 Å². The van der Waals surface area contributed by atoms with Crippen LogP contribution < -0.4 is 0 Å². The molecule has 0 N–H and O–H groups in total. The Kier molecular flexibility index (Phi) is 4.14. The third-order valence-electron chi connectivity index (χ3n) is 5.24. The number of hydrogen-bond acceptors (Lipinski definition) is 3. The van der Waals surface area contributed by atoms with E-state index in [1.165, 1.54) is 25.7 Å². The predicted molar refractivity (Wildman–Crippen MR) is 89.7 cm³/mol. The van der Waals surface area contributed by atoms with Crippen molar-refractivity contribution in [3.63, 3.8) is 0 Å². The maximum Gasteiger partial charge on any atom is 0.275 e. The molecule has 2 aromatic rings. The van der Waals surface area contributed by atoms with Crippen LogP contribution in [0.25, 0.3) is 0 Å². The van der Waals surface area contributed by atoms with Gasteiger partial charge >= 0.3 is 0 Å². The fourth-order valence-corrected chi connectivity index (χ4v) is 3.88. The van der Waals surface area contributed by atoms with Crippen LogP contribution in [0.2, 0.25) is 0 Å². The summed E-state index contributed by atoms with van der Waals surface area (Å²) in [6.45, 7) is 1.72. The van der Waals surface area contributed by atoms with Gasteiger partial charge in [0.2, 0.25) is 0 Å². The lowest BCUT2D eigenvalue weighted by atomic mass is 10.1. The average molecular weight is 328 g/mol. The molecule has 0 bridgehead atoms. The van der Waals surface area contributed by atoms with Crippen LogP contribution in [0.1, 0.15) is 53.9 Å². The second kappa shape index (κ2) is 6.43. The standard InChI is InChI=1S/C18H24N4O2/c1-20-9-4-7-16(20)17-13-24-12-11-21(17)18(23)15-8-10-22(19-15)14-5-2-3-6-14/h4,7-10,14,17H,2-3,5-6,11-13H2,1H3/t17-/m0/s1. The molecule has 2 aromatic heterocycles. The molecule has 2 fully saturated rings. The molecule has 0 unspecified atom stereocenters. The Morgan fingerprint density at radius 1 is 1.25 bits per heavy atom. The van der Waals surface area contributed by atoms with Crippen LogP contribution >= 0.6 is 0 Å². The van der Waals surface area contributed by atoms with Gasteiger partial charge in [-0.15, -0.1) is 0 Å². The number of amides is 1. The van der Waals surface area contributed by atoms with Crippen LogP contribution in [-0.4, -0.2) is 44.9 Å². The highest BCUT2D eigenvalue weighted by Crippen LogP contribution is 2.30. The van der Waals surface area contributed by atoms with Crippen molar-refractivity contribution < 1.29 is 9.53 Å². The normalized spacial score (nSPS) is 22.2. The molecule has 1 aliphatic carbocycles. The molecule has 6 heteroatoms. The van der Waals surface area contributed by atoms with Crippen molar-refractivity contribution in [1.82, 2.24) is 19.2 Å². The zero-order valence-electron chi connectivity index (χ0n) is 14.1. The van der Waals surface area contributed by atoms with Crippen molar-refractivity contribution in [3.8, 4) is 0 Å². The van der Waals surface area contributed by atoms with Gasteiger partial charge in [-0.1, -0.05) is 12.8 Å². The Balaban J connectivity index is 1.56. The van der Waals surface area contributed by atoms with E-state index in [9.17, 15) is 4.79 Å². The molecule has 0 spiro atoms. The summed E-state index contributed by atoms with van der Waals surface area (Å²) in [7, 11) is 2.00. The molecular formula is C18H24N4O2. The van der Waals surface area contributed by atoms with E-state index in [-0.39, 0.29) is 11.9 Å². The molecule has 1 atom stereocenters. The van der Waals surface area contributed by atoms with E-state index in [1.807, 2.05) is 41.2 Å². The van der Waals surface area contributed by atoms with Gasteiger partial charge < -0.3 is 14.2 Å². The van der Waals surface area contributed by atoms with Gasteiger partial charge in [-0.3, -0.25) is 9.48 Å². The Bertz CT molecular complexity index is 714. The maximum atomic E-state index is 13.0. The lowest BCUT2D eigenvalue weighted by molar-refractivity contribution is -0.00499. The number of nitrogens with zero attached hydrogens (tertiary/aromatic N) is 4. The highest BCUT2D eigenvalue weighted by Gasteiger charge is 2.32. The molecule has 6 nitrogen and oxygen atoms in total. The fraction of sp³-hybridized carbons (Fsp3) is 0.556. The number of aromatic nitrogens is 3. The minimum atomic E-state index is -0.0529. The third-order valence-corrected chi connectivity index (χ3v) is 5.24. The molecule has 2 aliphatic rings. The zero-order valence-corrected chi connectivity index (χ0v) is 14.1. The average Bonchev–Trinajstić information content (AvgIpc) is 3.35. The molecule has 24 heavy (non-hydrogen) atoms. The summed E-state index contributed by atoms with van der Waals surface area (Å²) in [5.41, 5.74) is 1.64. The summed E-state index contributed by atoms with van der Waals surface area (Å²) >= 11 is 0. The Morgan fingerprint density at radius 2 is 2.08 bits per heavy atom. The molecular weight excluding hydrogens is 304 g/mol. The summed E-state index contributed by atoms with van der Waals surface area (Å²) in [6.07, 6.45) is 8.81. The molecule has 1 saturated carbocycles. The van der Waals surface area contributed by atoms with Crippen molar-refractivity contribution in [2.75, 3.05) is 19.8 Å². The Labute approximate surface area is 142 Å². The SMILES string of the molecule is Cn1cccc1[C@@H]1COCCN1C(=O)c1ccn(C2CCCC2)n1. The summed E-state index contributed by atoms with van der Waals surface area (Å²) in [4.78, 5) is 14.9. The third kappa shape index (κ3) is 2.75. The summed E-state index contributed by atoms with van der Waals surface area (Å²) in [5, 5.41) is 4.58. The summed E-state index contributed by atoms with van der Waals surface area (Å²) < 4.78 is 9.67. The van der Waals surface area contributed by atoms with E-state index in [0.29, 0.717) is 31.5 Å². The molecule has 1 saturated heterocycles. The van der Waals surface area contributed by atoms with E-state index in [4.69, 9.17) is 4.74 Å². The molecule has 1 amide bonds. The van der Waals surface area contributed by atoms with Crippen molar-refractivity contribution in [2.45, 2.75) is 37.8 Å². The topological polar surface area (TPSA) is 52.3 Å². The number of carbonyl (C=O) groups excluding carboxylic acids is 1. The lowest BCUT2D eigenvalue weighted by Gasteiger charge is -2.35. The fourth-order valence-electron chi connectivity index (χ4n) is 3.88. The van der Waals surface area contributed by atoms with Crippen molar-refractivity contribution in [1.29, 1.82) is 0 Å². The second-order valence-electron chi connectivity index (χ2n) is 6.75. The lowest BCUT2D eigenvalue weighted by Crippen LogP contribution is -2.44. The van der Waals surface area contributed by atoms with Crippen LogP contribution in [0, 0.1) is 0 Å². The van der Waals surface area contributed by atoms with Crippen molar-refractivity contribution in [2.24, 2.45) is 7.05 Å². The number of aryl methyl sites for hydroxylation is 1. The van der Waals surface area contributed by atoms with Crippen LogP contribution in [0.15, 0.2) is 30.6 Å². The monoisotopic (exact) mass is 328 g/mol. The van der Waals surface area contributed by atoms with Gasteiger partial charge in [0.25, 0.3) is 5.91 Å². The summed E-state index contributed by atoms with van der Waals surface area (Å²) in [6, 6.07) is 6.32. The molecule has 4 rings (SSSR count). The highest BCUT2D eigenvalue weighted by atomic mass is 16.5. The number of ether oxygens (including phenoxy) is 1. The van der Waals surface area contributed by atoms with E-state index in [0.717, 1.165) is 5.69 Å². The number of carbonyl (C=O) groups is 1. The molecule has 128 valence electrons. The molecule has 1 aliphatic heterocycles. The first-order valence-corrected chi connectivity index (χ1v) is 8.79. The maximum absolute atomic E-state index is 13.0. The van der Waals surface area contributed by atoms with Crippen LogP contribution in [0.4, 0.5) is 0 Å². The van der Waals surface area contributed by atoms with Gasteiger partial charge in [0, 0.05) is 31.7 Å². The number of hydrogen-bond donors (Lipinski definition) is 0. The van der Waals surface area contributed by atoms with Gasteiger partial charge in [-0.05, 0) is 31.0 Å². The molecule has 0 radical (unpaired) electrons. The first kappa shape index (κ1) is 15.4. The Morgan fingerprint density at radius 3 is 2.83 bits per heavy atom. The first-order valence-electron chi connectivity index (χ1n) is 8.79. The zero-order chi connectivity index (χ0) is 16.5. The van der Waals surface area contributed by atoms with Crippen LogP contribution in [0.5, 0.6) is 0 Å². The first-order chi connectivity index (χ1) is 11.7. The Hall–Kier alpha value is -2.08. The second-order valence-corrected chi connectivity index (χ2v) is 6.75. The van der Waals surface area contributed by atoms with Crippen molar-refractivity contribution >= 4 is 5.91 Å². The minimum Gasteiger partial charge on any atom is -0.377 e. The largest absolute Gasteiger partial charge is 0.377 e. The molecule has 3 heterocycles. The number of morpholine rings is 1. The van der Waals surface area contributed by atoms with Crippen LogP contribution in [0.3, 0.4) is 0 Å². The van der Waals surface area contributed by atoms with Gasteiger partial charge in [0.05, 0.1) is 25.3 Å². The summed E-state index contributed by atoms with van der Waals surface area (Å²) in [5.74, 6) is 0.00115.